The van der Waals surface area contributed by atoms with Crippen molar-refractivity contribution < 1.29 is 53.1 Å². The number of carbonyl (C=O) groups excluding carboxylic acids is 2. The van der Waals surface area contributed by atoms with Crippen LogP contribution in [0.4, 0.5) is 35.1 Å². The van der Waals surface area contributed by atoms with Crippen LogP contribution in [0.2, 0.25) is 0 Å². The number of nitriles is 1. The average Bonchev–Trinajstić information content (AvgIpc) is 3.55. The summed E-state index contributed by atoms with van der Waals surface area (Å²) < 4.78 is 137. The highest BCUT2D eigenvalue weighted by Gasteiger charge is 2.74. The third-order valence-electron chi connectivity index (χ3n) is 9.03. The fourth-order valence-electron chi connectivity index (χ4n) is 6.95. The molecule has 2 aliphatic heterocycles. The second-order valence-corrected chi connectivity index (χ2v) is 13.5. The van der Waals surface area contributed by atoms with Gasteiger partial charge in [-0.25, -0.2) is 17.2 Å². The molecule has 16 heteroatoms. The Kier molecular flexibility index (Phi) is 7.95. The molecule has 2 fully saturated rings. The van der Waals surface area contributed by atoms with E-state index in [0.717, 1.165) is 30.3 Å². The smallest absolute Gasteiger partial charge is 0.336 e. The highest BCUT2D eigenvalue weighted by Crippen LogP contribution is 2.57. The molecule has 0 N–H and O–H groups in total. The number of carbonyl (C=O) groups is 2. The number of amides is 2. The second kappa shape index (κ2) is 11.0. The van der Waals surface area contributed by atoms with Gasteiger partial charge < -0.3 is 9.80 Å². The van der Waals surface area contributed by atoms with Crippen molar-refractivity contribution in [3.05, 3.63) is 65.0 Å². The molecule has 2 heterocycles. The van der Waals surface area contributed by atoms with Gasteiger partial charge in [0.15, 0.2) is 9.84 Å². The van der Waals surface area contributed by atoms with Crippen molar-refractivity contribution in [1.29, 1.82) is 5.26 Å². The fourth-order valence-corrected chi connectivity index (χ4v) is 9.32. The highest BCUT2D eigenvalue weighted by molar-refractivity contribution is 7.92. The van der Waals surface area contributed by atoms with Crippen molar-refractivity contribution in [3.8, 4) is 6.07 Å². The lowest BCUT2D eigenvalue weighted by atomic mass is 9.76. The SMILES string of the molecule is N#CCCN1C(=O)CC[C@@H]1C(=O)N1CC[C@@]2(S(=O)(=O)c3ccc(F)cc3)c3ccc(C(F)(C(F)(F)F)C(F)(F)F)cc3CC[C@@H]12. The Morgan fingerprint density at radius 3 is 2.22 bits per heavy atom. The molecule has 3 atom stereocenters. The van der Waals surface area contributed by atoms with Crippen molar-refractivity contribution >= 4 is 21.7 Å². The van der Waals surface area contributed by atoms with Crippen molar-refractivity contribution in [1.82, 2.24) is 9.80 Å². The molecule has 2 aromatic rings. The van der Waals surface area contributed by atoms with Gasteiger partial charge in [0.05, 0.1) is 23.4 Å². The van der Waals surface area contributed by atoms with Gasteiger partial charge in [-0.15, -0.1) is 0 Å². The first-order valence-electron chi connectivity index (χ1n) is 13.8. The van der Waals surface area contributed by atoms with Gasteiger partial charge in [-0.2, -0.15) is 31.6 Å². The van der Waals surface area contributed by atoms with Crippen molar-refractivity contribution in [2.75, 3.05) is 13.1 Å². The molecule has 7 nitrogen and oxygen atoms in total. The van der Waals surface area contributed by atoms with Crippen LogP contribution in [0.1, 0.15) is 48.8 Å². The van der Waals surface area contributed by atoms with Crippen molar-refractivity contribution in [3.63, 3.8) is 0 Å². The van der Waals surface area contributed by atoms with E-state index in [4.69, 9.17) is 5.26 Å². The van der Waals surface area contributed by atoms with E-state index in [9.17, 15) is 53.1 Å². The molecule has 242 valence electrons. The number of aryl methyl sites for hydroxylation is 1. The number of hydrogen-bond acceptors (Lipinski definition) is 5. The minimum absolute atomic E-state index is 0.00830. The predicted molar refractivity (Wildman–Crippen MR) is 140 cm³/mol. The van der Waals surface area contributed by atoms with Crippen LogP contribution in [-0.2, 0) is 36.3 Å². The maximum absolute atomic E-state index is 15.0. The molecule has 2 amide bonds. The van der Waals surface area contributed by atoms with Gasteiger partial charge in [-0.05, 0) is 61.1 Å². The first kappa shape index (κ1) is 32.6. The van der Waals surface area contributed by atoms with Crippen LogP contribution in [0.15, 0.2) is 47.4 Å². The van der Waals surface area contributed by atoms with Gasteiger partial charge >= 0.3 is 18.0 Å². The van der Waals surface area contributed by atoms with Crippen LogP contribution < -0.4 is 0 Å². The van der Waals surface area contributed by atoms with Crippen LogP contribution in [0.3, 0.4) is 0 Å². The van der Waals surface area contributed by atoms with Gasteiger partial charge in [0.25, 0.3) is 0 Å². The lowest BCUT2D eigenvalue weighted by Crippen LogP contribution is -2.55. The van der Waals surface area contributed by atoms with E-state index in [0.29, 0.717) is 6.07 Å². The number of sulfone groups is 1. The average molecular weight is 664 g/mol. The number of alkyl halides is 7. The Morgan fingerprint density at radius 2 is 1.62 bits per heavy atom. The topological polar surface area (TPSA) is 98.5 Å². The summed E-state index contributed by atoms with van der Waals surface area (Å²) in [5, 5.41) is 8.98. The van der Waals surface area contributed by atoms with Crippen LogP contribution in [-0.4, -0.2) is 67.6 Å². The summed E-state index contributed by atoms with van der Waals surface area (Å²) in [6.45, 7) is -0.252. The van der Waals surface area contributed by atoms with E-state index in [1.165, 1.54) is 9.80 Å². The zero-order valence-electron chi connectivity index (χ0n) is 23.3. The molecule has 2 saturated heterocycles. The summed E-state index contributed by atoms with van der Waals surface area (Å²) in [6.07, 6.45) is -13.6. The van der Waals surface area contributed by atoms with E-state index in [1.54, 1.807) is 0 Å². The maximum atomic E-state index is 15.0. The lowest BCUT2D eigenvalue weighted by Gasteiger charge is -2.43. The molecule has 0 radical (unpaired) electrons. The summed E-state index contributed by atoms with van der Waals surface area (Å²) in [5.41, 5.74) is -7.98. The first-order chi connectivity index (χ1) is 20.9. The third kappa shape index (κ3) is 4.85. The Morgan fingerprint density at radius 1 is 0.978 bits per heavy atom. The monoisotopic (exact) mass is 663 g/mol. The minimum Gasteiger partial charge on any atom is -0.336 e. The van der Waals surface area contributed by atoms with E-state index in [2.05, 4.69) is 0 Å². The largest absolute Gasteiger partial charge is 0.435 e. The van der Waals surface area contributed by atoms with Crippen LogP contribution in [0.25, 0.3) is 0 Å². The Bertz CT molecular complexity index is 1660. The number of likely N-dealkylation sites (tertiary alicyclic amines) is 2. The molecule has 0 unspecified atom stereocenters. The third-order valence-corrected chi connectivity index (χ3v) is 11.6. The van der Waals surface area contributed by atoms with E-state index < -0.39 is 66.9 Å². The number of rotatable bonds is 6. The summed E-state index contributed by atoms with van der Waals surface area (Å²) in [7, 11) is -4.65. The van der Waals surface area contributed by atoms with E-state index in [1.807, 2.05) is 6.07 Å². The van der Waals surface area contributed by atoms with Crippen LogP contribution >= 0.6 is 0 Å². The number of benzene rings is 2. The fraction of sp³-hybridized carbons (Fsp3) is 0.483. The standard InChI is InChI=1S/C29H25F8N3O4S/c30-19-4-6-20(7-5-19)45(43,44)26-12-15-40(25(42)22-9-11-24(41)39(22)14-1-13-38)23(26)10-2-17-16-18(3-8-21(17)26)27(31,28(32,33)34)29(35,36)37/h3-8,16,22-23H,1-2,9-12,14-15H2/t22-,23-,26-/m1/s1. The Hall–Kier alpha value is -3.74. The molecule has 0 aromatic heterocycles. The van der Waals surface area contributed by atoms with Gasteiger partial charge in [0.1, 0.15) is 16.6 Å². The summed E-state index contributed by atoms with van der Waals surface area (Å²) >= 11 is 0. The zero-order chi connectivity index (χ0) is 33.2. The van der Waals surface area contributed by atoms with Gasteiger partial charge in [0.2, 0.25) is 11.8 Å². The molecular weight excluding hydrogens is 638 g/mol. The summed E-state index contributed by atoms with van der Waals surface area (Å²) in [5.74, 6) is -1.77. The Balaban J connectivity index is 1.65. The second-order valence-electron chi connectivity index (χ2n) is 11.3. The van der Waals surface area contributed by atoms with Gasteiger partial charge in [-0.3, -0.25) is 9.59 Å². The highest BCUT2D eigenvalue weighted by atomic mass is 32.2. The molecule has 5 rings (SSSR count). The Labute approximate surface area is 252 Å². The molecular formula is C29H25F8N3O4S. The molecule has 1 aliphatic carbocycles. The summed E-state index contributed by atoms with van der Waals surface area (Å²) in [6, 6.07) is 4.71. The zero-order valence-corrected chi connectivity index (χ0v) is 24.1. The number of nitrogens with zero attached hydrogens (tertiary/aromatic N) is 3. The molecule has 45 heavy (non-hydrogen) atoms. The number of hydrogen-bond donors (Lipinski definition) is 0. The summed E-state index contributed by atoms with van der Waals surface area (Å²) in [4.78, 5) is 28.5. The number of halogens is 8. The molecule has 3 aliphatic rings. The normalized spacial score (nSPS) is 23.9. The first-order valence-corrected chi connectivity index (χ1v) is 15.3. The van der Waals surface area contributed by atoms with Gasteiger partial charge in [0, 0.05) is 25.1 Å². The lowest BCUT2D eigenvalue weighted by molar-refractivity contribution is -0.348. The molecule has 2 aromatic carbocycles. The molecule has 0 saturated carbocycles. The van der Waals surface area contributed by atoms with Gasteiger partial charge in [-0.1, -0.05) is 18.2 Å². The quantitative estimate of drug-likeness (QED) is 0.311. The number of fused-ring (bicyclic) bond motifs is 3. The minimum atomic E-state index is -6.39. The van der Waals surface area contributed by atoms with Crippen molar-refractivity contribution in [2.24, 2.45) is 0 Å². The molecule has 0 spiro atoms. The van der Waals surface area contributed by atoms with E-state index in [-0.39, 0.29) is 74.7 Å². The van der Waals surface area contributed by atoms with Crippen molar-refractivity contribution in [2.45, 2.75) is 78.3 Å². The van der Waals surface area contributed by atoms with Crippen LogP contribution in [0, 0.1) is 17.1 Å². The molecule has 0 bridgehead atoms. The predicted octanol–water partition coefficient (Wildman–Crippen LogP) is 5.24. The van der Waals surface area contributed by atoms with Crippen LogP contribution in [0.5, 0.6) is 0 Å². The van der Waals surface area contributed by atoms with E-state index >= 15 is 0 Å². The maximum Gasteiger partial charge on any atom is 0.435 e.